The molecule has 0 bridgehead atoms. The molecule has 1 unspecified atom stereocenters. The zero-order chi connectivity index (χ0) is 20.7. The Labute approximate surface area is 167 Å². The number of carbonyl (C=O) groups is 1. The number of hydrogen-bond acceptors (Lipinski definition) is 4. The lowest BCUT2D eigenvalue weighted by atomic mass is 9.70. The van der Waals surface area contributed by atoms with E-state index in [4.69, 9.17) is 11.5 Å². The molecule has 0 spiro atoms. The largest absolute Gasteiger partial charge is 0.391 e. The van der Waals surface area contributed by atoms with Crippen molar-refractivity contribution < 1.29 is 9.90 Å². The number of rotatable bonds is 5. The highest BCUT2D eigenvalue weighted by molar-refractivity contribution is 5.88. The molecule has 1 aliphatic heterocycles. The van der Waals surface area contributed by atoms with Crippen LogP contribution in [0, 0.1) is 0 Å². The van der Waals surface area contributed by atoms with Gasteiger partial charge in [0.15, 0.2) is 0 Å². The first-order valence-electron chi connectivity index (χ1n) is 10.1. The number of benzene rings is 2. The number of fused-ring (bicyclic) bond motifs is 1. The van der Waals surface area contributed by atoms with Gasteiger partial charge in [0.2, 0.25) is 5.91 Å². The molecule has 1 aliphatic rings. The number of aliphatic hydroxyl groups is 1. The van der Waals surface area contributed by atoms with Crippen molar-refractivity contribution in [2.24, 2.45) is 11.5 Å². The van der Waals surface area contributed by atoms with Gasteiger partial charge in [-0.2, -0.15) is 0 Å². The highest BCUT2D eigenvalue weighted by atomic mass is 16.3. The molecule has 5 heteroatoms. The van der Waals surface area contributed by atoms with Crippen LogP contribution in [-0.4, -0.2) is 45.7 Å². The van der Waals surface area contributed by atoms with E-state index in [-0.39, 0.29) is 5.54 Å². The van der Waals surface area contributed by atoms with Crippen LogP contribution in [0.1, 0.15) is 52.0 Å². The van der Waals surface area contributed by atoms with Crippen LogP contribution in [-0.2, 0) is 4.79 Å². The second kappa shape index (κ2) is 7.47. The summed E-state index contributed by atoms with van der Waals surface area (Å²) in [4.78, 5) is 15.2. The summed E-state index contributed by atoms with van der Waals surface area (Å²) >= 11 is 0. The van der Waals surface area contributed by atoms with E-state index in [9.17, 15) is 9.90 Å². The molecular formula is C23H33N3O2. The highest BCUT2D eigenvalue weighted by Gasteiger charge is 2.57. The Hall–Kier alpha value is -1.95. The van der Waals surface area contributed by atoms with Gasteiger partial charge in [-0.05, 0) is 63.4 Å². The van der Waals surface area contributed by atoms with Gasteiger partial charge in [0.25, 0.3) is 0 Å². The Bertz CT molecular complexity index is 858. The van der Waals surface area contributed by atoms with E-state index in [1.54, 1.807) is 6.92 Å². The lowest BCUT2D eigenvalue weighted by molar-refractivity contribution is -0.136. The van der Waals surface area contributed by atoms with Gasteiger partial charge in [0, 0.05) is 17.5 Å². The van der Waals surface area contributed by atoms with Gasteiger partial charge in [0.1, 0.15) is 5.54 Å². The van der Waals surface area contributed by atoms with Crippen molar-refractivity contribution in [3.8, 4) is 0 Å². The predicted octanol–water partition coefficient (Wildman–Crippen LogP) is 2.75. The van der Waals surface area contributed by atoms with Crippen molar-refractivity contribution in [3.63, 3.8) is 0 Å². The molecule has 28 heavy (non-hydrogen) atoms. The van der Waals surface area contributed by atoms with E-state index in [0.717, 1.165) is 29.3 Å². The van der Waals surface area contributed by atoms with E-state index in [1.165, 1.54) is 0 Å². The lowest BCUT2D eigenvalue weighted by Gasteiger charge is -2.50. The maximum atomic E-state index is 13.0. The topological polar surface area (TPSA) is 92.6 Å². The summed E-state index contributed by atoms with van der Waals surface area (Å²) in [7, 11) is 0. The van der Waals surface area contributed by atoms with Crippen molar-refractivity contribution in [1.82, 2.24) is 4.90 Å². The molecule has 0 aliphatic carbocycles. The predicted molar refractivity (Wildman–Crippen MR) is 114 cm³/mol. The third-order valence-corrected chi connectivity index (χ3v) is 6.19. The van der Waals surface area contributed by atoms with Gasteiger partial charge in [-0.15, -0.1) is 0 Å². The number of amides is 1. The highest BCUT2D eigenvalue weighted by Crippen LogP contribution is 2.47. The van der Waals surface area contributed by atoms with Gasteiger partial charge in [-0.3, -0.25) is 9.69 Å². The molecule has 0 saturated carbocycles. The summed E-state index contributed by atoms with van der Waals surface area (Å²) in [5.74, 6) is -0.894. The summed E-state index contributed by atoms with van der Waals surface area (Å²) in [5, 5.41) is 13.4. The zero-order valence-corrected chi connectivity index (χ0v) is 17.4. The fourth-order valence-corrected chi connectivity index (χ4v) is 4.97. The normalized spacial score (nSPS) is 24.2. The average Bonchev–Trinajstić information content (AvgIpc) is 3.08. The Balaban J connectivity index is 2.24. The first-order chi connectivity index (χ1) is 13.1. The van der Waals surface area contributed by atoms with Crippen molar-refractivity contribution in [2.45, 2.75) is 69.7 Å². The molecular weight excluding hydrogens is 350 g/mol. The summed E-state index contributed by atoms with van der Waals surface area (Å²) < 4.78 is 0. The van der Waals surface area contributed by atoms with Crippen LogP contribution in [0.3, 0.4) is 0 Å². The van der Waals surface area contributed by atoms with Gasteiger partial charge in [-0.1, -0.05) is 42.5 Å². The first kappa shape index (κ1) is 20.8. The molecule has 1 amide bonds. The molecule has 1 heterocycles. The monoisotopic (exact) mass is 383 g/mol. The van der Waals surface area contributed by atoms with E-state index >= 15 is 0 Å². The second-order valence-electron chi connectivity index (χ2n) is 9.15. The van der Waals surface area contributed by atoms with E-state index in [2.05, 4.69) is 37.8 Å². The smallest absolute Gasteiger partial charge is 0.238 e. The molecule has 4 atom stereocenters. The van der Waals surface area contributed by atoms with Crippen LogP contribution in [0.15, 0.2) is 42.5 Å². The minimum absolute atomic E-state index is 0.266. The molecule has 5 nitrogen and oxygen atoms in total. The number of likely N-dealkylation sites (tertiary alicyclic amines) is 1. The maximum Gasteiger partial charge on any atom is 0.238 e. The minimum atomic E-state index is -0.978. The van der Waals surface area contributed by atoms with Crippen LogP contribution in [0.4, 0.5) is 0 Å². The fraction of sp³-hybridized carbons (Fsp3) is 0.522. The van der Waals surface area contributed by atoms with Crippen LogP contribution in [0.25, 0.3) is 10.8 Å². The molecule has 152 valence electrons. The molecule has 5 N–H and O–H groups in total. The summed E-state index contributed by atoms with van der Waals surface area (Å²) in [5.41, 5.74) is 11.9. The lowest BCUT2D eigenvalue weighted by Crippen LogP contribution is -2.65. The van der Waals surface area contributed by atoms with Crippen molar-refractivity contribution in [3.05, 3.63) is 48.0 Å². The minimum Gasteiger partial charge on any atom is -0.391 e. The fourth-order valence-electron chi connectivity index (χ4n) is 4.97. The van der Waals surface area contributed by atoms with Crippen molar-refractivity contribution in [1.29, 1.82) is 0 Å². The van der Waals surface area contributed by atoms with Gasteiger partial charge >= 0.3 is 0 Å². The number of hydrogen-bond donors (Lipinski definition) is 3. The SMILES string of the molecule is C[C@H](N)[C@H](O)C(c1ccc2ccccc2c1)[C@@]1(C(N)=O)CCCN1C(C)(C)C. The van der Waals surface area contributed by atoms with Crippen molar-refractivity contribution in [2.75, 3.05) is 6.54 Å². The second-order valence-corrected chi connectivity index (χ2v) is 9.15. The maximum absolute atomic E-state index is 13.0. The van der Waals surface area contributed by atoms with Gasteiger partial charge < -0.3 is 16.6 Å². The number of nitrogens with two attached hydrogens (primary N) is 2. The number of carbonyl (C=O) groups excluding carboxylic acids is 1. The molecule has 3 rings (SSSR count). The Morgan fingerprint density at radius 3 is 2.39 bits per heavy atom. The Kier molecular flexibility index (Phi) is 5.54. The van der Waals surface area contributed by atoms with Crippen LogP contribution < -0.4 is 11.5 Å². The molecule has 1 saturated heterocycles. The zero-order valence-electron chi connectivity index (χ0n) is 17.4. The quantitative estimate of drug-likeness (QED) is 0.740. The van der Waals surface area contributed by atoms with Gasteiger partial charge in [0.05, 0.1) is 6.10 Å². The standard InChI is InChI=1S/C23H33N3O2/c1-15(24)20(27)19(18-11-10-16-8-5-6-9-17(16)14-18)23(21(25)28)12-7-13-26(23)22(2,3)4/h5-6,8-11,14-15,19-20,27H,7,12-13,24H2,1-4H3,(H2,25,28)/t15-,19?,20-,23+/m0/s1. The van der Waals surface area contributed by atoms with Gasteiger partial charge in [-0.25, -0.2) is 0 Å². The van der Waals surface area contributed by atoms with Crippen LogP contribution >= 0.6 is 0 Å². The molecule has 2 aromatic carbocycles. The summed E-state index contributed by atoms with van der Waals surface area (Å²) in [6.07, 6.45) is 0.577. The van der Waals surface area contributed by atoms with E-state index < -0.39 is 29.5 Å². The number of nitrogens with zero attached hydrogens (tertiary/aromatic N) is 1. The first-order valence-corrected chi connectivity index (χ1v) is 10.1. The molecule has 2 aromatic rings. The number of aliphatic hydroxyl groups excluding tert-OH is 1. The van der Waals surface area contributed by atoms with E-state index in [1.807, 2.05) is 30.3 Å². The molecule has 1 fully saturated rings. The van der Waals surface area contributed by atoms with E-state index in [0.29, 0.717) is 6.42 Å². The Morgan fingerprint density at radius 2 is 1.82 bits per heavy atom. The molecule has 0 radical (unpaired) electrons. The third-order valence-electron chi connectivity index (χ3n) is 6.19. The molecule has 0 aromatic heterocycles. The Morgan fingerprint density at radius 1 is 1.18 bits per heavy atom. The van der Waals surface area contributed by atoms with Crippen LogP contribution in [0.2, 0.25) is 0 Å². The average molecular weight is 384 g/mol. The summed E-state index contributed by atoms with van der Waals surface area (Å²) in [6, 6.07) is 13.7. The van der Waals surface area contributed by atoms with Crippen molar-refractivity contribution >= 4 is 16.7 Å². The van der Waals surface area contributed by atoms with Crippen LogP contribution in [0.5, 0.6) is 0 Å². The number of primary amides is 1. The third kappa shape index (κ3) is 3.43. The summed E-state index contributed by atoms with van der Waals surface area (Å²) in [6.45, 7) is 8.81.